The summed E-state index contributed by atoms with van der Waals surface area (Å²) in [5.74, 6) is -0.956. The molecule has 1 aromatic heterocycles. The molecule has 1 saturated carbocycles. The van der Waals surface area contributed by atoms with E-state index < -0.39 is 47.5 Å². The number of aryl methyl sites for hydroxylation is 1. The number of nitrogens with zero attached hydrogens (tertiary/aromatic N) is 3. The third kappa shape index (κ3) is 8.83. The van der Waals surface area contributed by atoms with Crippen LogP contribution in [0, 0.1) is 12.8 Å². The van der Waals surface area contributed by atoms with Gasteiger partial charge in [-0.15, -0.1) is 0 Å². The number of methoxy groups -OCH3 is 1. The maximum atomic E-state index is 14.2. The normalized spacial score (nSPS) is 16.5. The van der Waals surface area contributed by atoms with E-state index >= 15 is 0 Å². The van der Waals surface area contributed by atoms with Crippen molar-refractivity contribution in [2.24, 2.45) is 5.92 Å². The molecule has 2 heterocycles. The monoisotopic (exact) mass is 698 g/mol. The number of amides is 6. The Kier molecular flexibility index (Phi) is 11.3. The van der Waals surface area contributed by atoms with Gasteiger partial charge >= 0.3 is 18.0 Å². The highest BCUT2D eigenvalue weighted by atomic mass is 16.5. The largest absolute Gasteiger partial charge is 0.495 e. The number of ether oxygens (including phenoxy) is 2. The van der Waals surface area contributed by atoms with E-state index in [0.29, 0.717) is 34.7 Å². The molecular weight excluding hydrogens is 652 g/mol. The van der Waals surface area contributed by atoms with Crippen LogP contribution in [-0.2, 0) is 25.7 Å². The number of hydrogen-bond donors (Lipinski definition) is 3. The summed E-state index contributed by atoms with van der Waals surface area (Å²) in [6, 6.07) is 13.0. The lowest BCUT2D eigenvalue weighted by Crippen LogP contribution is -2.51. The van der Waals surface area contributed by atoms with Crippen LogP contribution < -0.4 is 20.7 Å². The summed E-state index contributed by atoms with van der Waals surface area (Å²) in [5, 5.41) is 8.57. The van der Waals surface area contributed by atoms with Crippen molar-refractivity contribution < 1.29 is 33.4 Å². The van der Waals surface area contributed by atoms with Crippen molar-refractivity contribution in [2.45, 2.75) is 90.6 Å². The number of rotatable bonds is 14. The summed E-state index contributed by atoms with van der Waals surface area (Å²) in [7, 11) is 1.47. The number of anilines is 2. The summed E-state index contributed by atoms with van der Waals surface area (Å²) in [6.07, 6.45) is 4.76. The van der Waals surface area contributed by atoms with Crippen molar-refractivity contribution in [1.29, 1.82) is 0 Å². The molecule has 1 saturated heterocycles. The minimum Gasteiger partial charge on any atom is -0.495 e. The molecule has 13 nitrogen and oxygen atoms in total. The SMILES string of the molecule is COc1cc(CN2C(=O)N(C(CC3CC3)C(=O)NC(CC(=O)OC(C)C)c3ccncc3)C(=O)C2(C)C)ccc1NC(=O)Nc1ccccc1C. The van der Waals surface area contributed by atoms with E-state index in [-0.39, 0.29) is 25.0 Å². The van der Waals surface area contributed by atoms with Crippen LogP contribution in [0.2, 0.25) is 0 Å². The maximum Gasteiger partial charge on any atom is 0.328 e. The number of carbonyl (C=O) groups excluding carboxylic acids is 5. The Morgan fingerprint density at radius 3 is 2.31 bits per heavy atom. The Morgan fingerprint density at radius 2 is 1.67 bits per heavy atom. The number of carbonyl (C=O) groups is 5. The fraction of sp³-hybridized carbons (Fsp3) is 0.421. The minimum atomic E-state index is -1.28. The Morgan fingerprint density at radius 1 is 0.980 bits per heavy atom. The molecule has 6 amide bonds. The van der Waals surface area contributed by atoms with Crippen molar-refractivity contribution in [3.8, 4) is 5.75 Å². The molecule has 3 aromatic rings. The molecule has 2 aromatic carbocycles. The number of pyridine rings is 1. The van der Waals surface area contributed by atoms with Crippen LogP contribution >= 0.6 is 0 Å². The van der Waals surface area contributed by atoms with E-state index in [4.69, 9.17) is 9.47 Å². The first kappa shape index (κ1) is 36.8. The lowest BCUT2D eigenvalue weighted by Gasteiger charge is -2.28. The van der Waals surface area contributed by atoms with Gasteiger partial charge in [0.15, 0.2) is 0 Å². The van der Waals surface area contributed by atoms with Crippen molar-refractivity contribution in [1.82, 2.24) is 20.1 Å². The molecule has 5 rings (SSSR count). The molecule has 0 spiro atoms. The number of aromatic nitrogens is 1. The van der Waals surface area contributed by atoms with Gasteiger partial charge in [-0.25, -0.2) is 14.5 Å². The molecular formula is C38H46N6O7. The van der Waals surface area contributed by atoms with Gasteiger partial charge < -0.3 is 30.3 Å². The van der Waals surface area contributed by atoms with E-state index in [1.54, 1.807) is 76.5 Å². The van der Waals surface area contributed by atoms with E-state index in [1.807, 2.05) is 25.1 Å². The van der Waals surface area contributed by atoms with Crippen LogP contribution in [0.15, 0.2) is 67.0 Å². The molecule has 1 aliphatic carbocycles. The molecule has 51 heavy (non-hydrogen) atoms. The summed E-state index contributed by atoms with van der Waals surface area (Å²) in [5.41, 5.74) is 2.02. The second-order valence-electron chi connectivity index (χ2n) is 13.8. The third-order valence-electron chi connectivity index (χ3n) is 9.13. The molecule has 2 atom stereocenters. The Bertz CT molecular complexity index is 1780. The quantitative estimate of drug-likeness (QED) is 0.138. The predicted octanol–water partition coefficient (Wildman–Crippen LogP) is 5.95. The zero-order valence-electron chi connectivity index (χ0n) is 29.9. The topological polar surface area (TPSA) is 159 Å². The smallest absolute Gasteiger partial charge is 0.328 e. The molecule has 3 N–H and O–H groups in total. The van der Waals surface area contributed by atoms with E-state index in [9.17, 15) is 24.0 Å². The van der Waals surface area contributed by atoms with Crippen LogP contribution in [0.25, 0.3) is 0 Å². The fourth-order valence-electron chi connectivity index (χ4n) is 6.11. The minimum absolute atomic E-state index is 0.0402. The number of para-hydroxylation sites is 1. The highest BCUT2D eigenvalue weighted by molar-refractivity contribution is 6.09. The second-order valence-corrected chi connectivity index (χ2v) is 13.8. The molecule has 13 heteroatoms. The molecule has 0 bridgehead atoms. The second kappa shape index (κ2) is 15.6. The number of imide groups is 1. The van der Waals surface area contributed by atoms with Gasteiger partial charge in [-0.05, 0) is 94.0 Å². The molecule has 2 fully saturated rings. The molecule has 2 aliphatic rings. The maximum absolute atomic E-state index is 14.2. The molecule has 270 valence electrons. The average Bonchev–Trinajstić information content (AvgIpc) is 3.89. The summed E-state index contributed by atoms with van der Waals surface area (Å²) in [6.45, 7) is 8.74. The van der Waals surface area contributed by atoms with Crippen molar-refractivity contribution in [3.05, 3.63) is 83.7 Å². The third-order valence-corrected chi connectivity index (χ3v) is 9.13. The van der Waals surface area contributed by atoms with Gasteiger partial charge in [0.2, 0.25) is 5.91 Å². The number of hydrogen-bond acceptors (Lipinski definition) is 8. The van der Waals surface area contributed by atoms with Crippen molar-refractivity contribution in [2.75, 3.05) is 17.7 Å². The Hall–Kier alpha value is -5.46. The molecule has 0 radical (unpaired) electrons. The van der Waals surface area contributed by atoms with E-state index in [1.165, 1.54) is 12.0 Å². The number of benzene rings is 2. The zero-order valence-corrected chi connectivity index (χ0v) is 29.9. The van der Waals surface area contributed by atoms with Gasteiger partial charge in [-0.1, -0.05) is 37.1 Å². The van der Waals surface area contributed by atoms with Crippen LogP contribution in [0.1, 0.15) is 76.1 Å². The first-order valence-corrected chi connectivity index (χ1v) is 17.1. The van der Waals surface area contributed by atoms with Crippen LogP contribution in [-0.4, -0.2) is 69.4 Å². The van der Waals surface area contributed by atoms with Crippen molar-refractivity contribution in [3.63, 3.8) is 0 Å². The van der Waals surface area contributed by atoms with Crippen molar-refractivity contribution >= 4 is 41.2 Å². The summed E-state index contributed by atoms with van der Waals surface area (Å²) in [4.78, 5) is 74.3. The first-order valence-electron chi connectivity index (χ1n) is 17.1. The number of urea groups is 2. The van der Waals surface area contributed by atoms with E-state index in [2.05, 4.69) is 20.9 Å². The standard InChI is InChI=1S/C38H46N6O7/c1-23(2)51-33(45)21-30(27-15-17-39-18-16-27)40-34(46)31(19-25-11-12-25)44-35(47)38(4,5)43(37(44)49)22-26-13-14-29(32(20-26)50-6)42-36(48)41-28-10-8-7-9-24(28)3/h7-10,13-18,20,23,25,30-31H,11-12,19,21-22H2,1-6H3,(H,40,46)(H2,41,42,48). The Balaban J connectivity index is 1.34. The summed E-state index contributed by atoms with van der Waals surface area (Å²) >= 11 is 0. The first-order chi connectivity index (χ1) is 24.3. The van der Waals surface area contributed by atoms with Gasteiger partial charge in [-0.3, -0.25) is 19.4 Å². The van der Waals surface area contributed by atoms with Gasteiger partial charge in [0.05, 0.1) is 31.4 Å². The zero-order chi connectivity index (χ0) is 36.9. The highest BCUT2D eigenvalue weighted by Gasteiger charge is 2.55. The van der Waals surface area contributed by atoms with Crippen LogP contribution in [0.4, 0.5) is 21.0 Å². The van der Waals surface area contributed by atoms with Gasteiger partial charge in [0.25, 0.3) is 5.91 Å². The van der Waals surface area contributed by atoms with Crippen LogP contribution in [0.5, 0.6) is 5.75 Å². The molecule has 2 unspecified atom stereocenters. The summed E-state index contributed by atoms with van der Waals surface area (Å²) < 4.78 is 10.9. The van der Waals surface area contributed by atoms with Gasteiger partial charge in [-0.2, -0.15) is 0 Å². The Labute approximate surface area is 298 Å². The number of nitrogens with one attached hydrogen (secondary N) is 3. The van der Waals surface area contributed by atoms with Gasteiger partial charge in [0.1, 0.15) is 17.3 Å². The highest BCUT2D eigenvalue weighted by Crippen LogP contribution is 2.39. The van der Waals surface area contributed by atoms with E-state index in [0.717, 1.165) is 23.3 Å². The lowest BCUT2D eigenvalue weighted by molar-refractivity contribution is -0.148. The van der Waals surface area contributed by atoms with Gasteiger partial charge in [0, 0.05) is 24.6 Å². The number of esters is 1. The van der Waals surface area contributed by atoms with Crippen LogP contribution in [0.3, 0.4) is 0 Å². The average molecular weight is 699 g/mol. The predicted molar refractivity (Wildman–Crippen MR) is 191 cm³/mol. The molecule has 1 aliphatic heterocycles. The lowest BCUT2D eigenvalue weighted by atomic mass is 10.0. The fourth-order valence-corrected chi connectivity index (χ4v) is 6.11.